The summed E-state index contributed by atoms with van der Waals surface area (Å²) in [7, 11) is 1.18. The number of aliphatic hydroxyl groups is 1. The summed E-state index contributed by atoms with van der Waals surface area (Å²) < 4.78 is 20.8. The van der Waals surface area contributed by atoms with Crippen LogP contribution in [0.2, 0.25) is 10.0 Å². The number of benzene rings is 3. The molecule has 1 amide bonds. The van der Waals surface area contributed by atoms with Crippen molar-refractivity contribution < 1.29 is 28.7 Å². The summed E-state index contributed by atoms with van der Waals surface area (Å²) in [6.45, 7) is 5.77. The molecule has 13 heteroatoms. The van der Waals surface area contributed by atoms with Crippen LogP contribution in [-0.2, 0) is 21.6 Å². The average molecular weight is 660 g/mol. The second-order valence-corrected chi connectivity index (χ2v) is 13.3. The molecule has 10 nitrogen and oxygen atoms in total. The minimum absolute atomic E-state index is 0.00845. The molecule has 45 heavy (non-hydrogen) atoms. The predicted octanol–water partition coefficient (Wildman–Crippen LogP) is 5.64. The number of carbonyl (C=O) groups excluding carboxylic acids is 2. The Hall–Kier alpha value is -3.61. The molecule has 1 spiro atoms. The molecule has 0 bridgehead atoms. The minimum Gasteiger partial charge on any atom is -0.465 e. The largest absolute Gasteiger partial charge is 0.465 e. The van der Waals surface area contributed by atoms with Crippen molar-refractivity contribution in [2.45, 2.75) is 50.9 Å². The van der Waals surface area contributed by atoms with Gasteiger partial charge in [-0.3, -0.25) is 19.8 Å². The number of nitrogens with zero attached hydrogens (tertiary/aromatic N) is 2. The number of nitro groups is 1. The fourth-order valence-corrected chi connectivity index (χ4v) is 7.11. The van der Waals surface area contributed by atoms with Gasteiger partial charge in [0.1, 0.15) is 11.4 Å². The maximum Gasteiger partial charge on any atom is 0.338 e. The smallest absolute Gasteiger partial charge is 0.338 e. The Balaban J connectivity index is 1.72. The summed E-state index contributed by atoms with van der Waals surface area (Å²) in [6.07, 6.45) is 0. The maximum absolute atomic E-state index is 16.1. The number of carbonyl (C=O) groups is 2. The lowest BCUT2D eigenvalue weighted by atomic mass is 9.73. The first-order chi connectivity index (χ1) is 21.2. The monoisotopic (exact) mass is 658 g/mol. The normalized spacial score (nSPS) is 22.8. The average Bonchev–Trinajstić information content (AvgIpc) is 3.41. The van der Waals surface area contributed by atoms with Crippen LogP contribution in [0.3, 0.4) is 0 Å². The van der Waals surface area contributed by atoms with Crippen molar-refractivity contribution in [3.05, 3.63) is 103 Å². The van der Waals surface area contributed by atoms with E-state index in [0.29, 0.717) is 22.8 Å². The Morgan fingerprint density at radius 3 is 2.58 bits per heavy atom. The van der Waals surface area contributed by atoms with Crippen molar-refractivity contribution in [2.75, 3.05) is 25.6 Å². The van der Waals surface area contributed by atoms with Crippen LogP contribution < -0.4 is 10.6 Å². The molecule has 5 rings (SSSR count). The lowest BCUT2D eigenvalue weighted by molar-refractivity contribution is -0.385. The number of nitrogens with one attached hydrogen (secondary N) is 2. The quantitative estimate of drug-likeness (QED) is 0.161. The van der Waals surface area contributed by atoms with Crippen molar-refractivity contribution in [3.63, 3.8) is 0 Å². The third kappa shape index (κ3) is 5.68. The molecule has 0 radical (unpaired) electrons. The van der Waals surface area contributed by atoms with E-state index in [9.17, 15) is 24.8 Å². The lowest BCUT2D eigenvalue weighted by Crippen LogP contribution is -2.55. The van der Waals surface area contributed by atoms with Gasteiger partial charge in [-0.15, -0.1) is 0 Å². The molecular weight excluding hydrogens is 626 g/mol. The van der Waals surface area contributed by atoms with Crippen molar-refractivity contribution in [1.82, 2.24) is 10.2 Å². The van der Waals surface area contributed by atoms with Gasteiger partial charge in [0, 0.05) is 53.0 Å². The van der Waals surface area contributed by atoms with Gasteiger partial charge in [0.05, 0.1) is 35.3 Å². The van der Waals surface area contributed by atoms with Gasteiger partial charge >= 0.3 is 5.97 Å². The molecule has 1 saturated heterocycles. The second kappa shape index (κ2) is 12.3. The van der Waals surface area contributed by atoms with E-state index in [-0.39, 0.29) is 39.4 Å². The van der Waals surface area contributed by atoms with Gasteiger partial charge in [-0.2, -0.15) is 0 Å². The molecule has 1 fully saturated rings. The summed E-state index contributed by atoms with van der Waals surface area (Å²) in [5.41, 5.74) is -0.825. The molecule has 0 aromatic heterocycles. The van der Waals surface area contributed by atoms with E-state index in [2.05, 4.69) is 10.6 Å². The Kier molecular flexibility index (Phi) is 8.96. The highest BCUT2D eigenvalue weighted by molar-refractivity contribution is 6.31. The summed E-state index contributed by atoms with van der Waals surface area (Å²) in [5.74, 6) is -2.83. The number of methoxy groups -OCH3 is 1. The Bertz CT molecular complexity index is 1680. The number of halogens is 3. The second-order valence-electron chi connectivity index (χ2n) is 12.5. The molecular formula is C32H33Cl2FN4O6. The van der Waals surface area contributed by atoms with E-state index < -0.39 is 52.8 Å². The highest BCUT2D eigenvalue weighted by Crippen LogP contribution is 2.58. The first-order valence-corrected chi connectivity index (χ1v) is 15.0. The molecule has 0 saturated carbocycles. The van der Waals surface area contributed by atoms with Crippen LogP contribution in [0.15, 0.2) is 54.6 Å². The zero-order chi connectivity index (χ0) is 32.8. The number of anilines is 1. The number of aliphatic hydroxyl groups excluding tert-OH is 1. The van der Waals surface area contributed by atoms with Crippen LogP contribution in [0.5, 0.6) is 0 Å². The fourth-order valence-electron chi connectivity index (χ4n) is 6.76. The standard InChI is InChI=1S/C32H33Cl2FN4O6/c1-31(2,3)16-38-25(15-40)28(36-14-18-9-8-17(29(41)45-4)12-24(18)39(43)44)26(20-6-5-7-22(34)27(20)35)32(38)21-11-10-19(33)13-23(21)37-30(32)42/h5-13,25-26,28,36,40H,14-16H2,1-4H3,(H,37,42)/t25-,26-,28+,32+/m0/s1. The molecule has 3 aromatic rings. The first-order valence-electron chi connectivity index (χ1n) is 14.3. The van der Waals surface area contributed by atoms with Crippen LogP contribution >= 0.6 is 23.2 Å². The van der Waals surface area contributed by atoms with Crippen LogP contribution in [0, 0.1) is 21.3 Å². The number of hydrogen-bond donors (Lipinski definition) is 3. The number of rotatable bonds is 8. The molecule has 3 aromatic carbocycles. The molecule has 2 aliphatic rings. The number of esters is 1. The Labute approximate surface area is 269 Å². The van der Waals surface area contributed by atoms with Gasteiger partial charge in [0.15, 0.2) is 0 Å². The fraction of sp³-hybridized carbons (Fsp3) is 0.375. The Morgan fingerprint density at radius 1 is 1.20 bits per heavy atom. The van der Waals surface area contributed by atoms with Crippen molar-refractivity contribution in [2.24, 2.45) is 5.41 Å². The van der Waals surface area contributed by atoms with Crippen molar-refractivity contribution in [1.29, 1.82) is 0 Å². The van der Waals surface area contributed by atoms with E-state index >= 15 is 4.39 Å². The highest BCUT2D eigenvalue weighted by Gasteiger charge is 2.67. The SMILES string of the molecule is COC(=O)c1ccc(CN[C@@H]2[C@H](CO)N(CC(C)(C)C)[C@@]3(C(=O)Nc4cc(Cl)ccc43)[C@H]2c2cccc(Cl)c2F)c([N+](=O)[O-])c1. The van der Waals surface area contributed by atoms with Gasteiger partial charge in [-0.1, -0.05) is 68.2 Å². The number of hydrogen-bond acceptors (Lipinski definition) is 8. The van der Waals surface area contributed by atoms with Gasteiger partial charge in [-0.25, -0.2) is 9.18 Å². The number of amides is 1. The van der Waals surface area contributed by atoms with Crippen molar-refractivity contribution in [3.8, 4) is 0 Å². The highest BCUT2D eigenvalue weighted by atomic mass is 35.5. The van der Waals surface area contributed by atoms with E-state index in [1.165, 1.54) is 25.3 Å². The molecule has 0 aliphatic carbocycles. The van der Waals surface area contributed by atoms with Gasteiger partial charge in [0.25, 0.3) is 5.69 Å². The van der Waals surface area contributed by atoms with Crippen LogP contribution in [0.25, 0.3) is 0 Å². The summed E-state index contributed by atoms with van der Waals surface area (Å²) in [6, 6.07) is 12.0. The van der Waals surface area contributed by atoms with Crippen molar-refractivity contribution >= 4 is 46.5 Å². The Morgan fingerprint density at radius 2 is 1.93 bits per heavy atom. The maximum atomic E-state index is 16.1. The van der Waals surface area contributed by atoms with E-state index in [4.69, 9.17) is 27.9 Å². The topological polar surface area (TPSA) is 134 Å². The minimum atomic E-state index is -1.52. The molecule has 0 unspecified atom stereocenters. The summed E-state index contributed by atoms with van der Waals surface area (Å²) in [4.78, 5) is 39.8. The molecule has 4 atom stereocenters. The van der Waals surface area contributed by atoms with E-state index in [1.807, 2.05) is 25.7 Å². The third-order valence-electron chi connectivity index (χ3n) is 8.44. The number of likely N-dealkylation sites (tertiary alicyclic amines) is 1. The van der Waals surface area contributed by atoms with Crippen LogP contribution in [0.4, 0.5) is 15.8 Å². The predicted molar refractivity (Wildman–Crippen MR) is 168 cm³/mol. The summed E-state index contributed by atoms with van der Waals surface area (Å²) >= 11 is 12.6. The molecule has 3 N–H and O–H groups in total. The zero-order valence-electron chi connectivity index (χ0n) is 25.1. The van der Waals surface area contributed by atoms with Crippen LogP contribution in [-0.4, -0.2) is 59.2 Å². The molecule has 2 aliphatic heterocycles. The van der Waals surface area contributed by atoms with Crippen LogP contribution in [0.1, 0.15) is 53.7 Å². The zero-order valence-corrected chi connectivity index (χ0v) is 26.6. The lowest BCUT2D eigenvalue weighted by Gasteiger charge is -2.42. The number of ether oxygens (including phenoxy) is 1. The van der Waals surface area contributed by atoms with Gasteiger partial charge in [0.2, 0.25) is 5.91 Å². The first kappa shape index (κ1) is 32.8. The van der Waals surface area contributed by atoms with Gasteiger partial charge < -0.3 is 20.5 Å². The molecule has 238 valence electrons. The molecule has 2 heterocycles. The summed E-state index contributed by atoms with van der Waals surface area (Å²) in [5, 5.41) is 29.5. The third-order valence-corrected chi connectivity index (χ3v) is 8.97. The number of fused-ring (bicyclic) bond motifs is 2. The van der Waals surface area contributed by atoms with E-state index in [1.54, 1.807) is 30.3 Å². The van der Waals surface area contributed by atoms with E-state index in [0.717, 1.165) is 6.07 Å². The van der Waals surface area contributed by atoms with Gasteiger partial charge in [-0.05, 0) is 35.2 Å². The number of nitro benzene ring substituents is 1.